The molecule has 5 rings (SSSR count). The molecule has 1 aliphatic carbocycles. The second kappa shape index (κ2) is 8.59. The predicted molar refractivity (Wildman–Crippen MR) is 127 cm³/mol. The number of halogens is 1. The number of benzene rings is 2. The maximum atomic E-state index is 12.9. The number of nitrogens with zero attached hydrogens (tertiary/aromatic N) is 2. The maximum Gasteiger partial charge on any atom is 0.243 e. The molecule has 1 fully saturated rings. The van der Waals surface area contributed by atoms with Crippen molar-refractivity contribution in [1.82, 2.24) is 9.29 Å². The Morgan fingerprint density at radius 2 is 1.78 bits per heavy atom. The highest BCUT2D eigenvalue weighted by atomic mass is 35.5. The van der Waals surface area contributed by atoms with Gasteiger partial charge in [-0.05, 0) is 55.5 Å². The topological polar surface area (TPSA) is 79.4 Å². The second-order valence-electron chi connectivity index (χ2n) is 8.07. The first-order valence-corrected chi connectivity index (χ1v) is 13.2. The van der Waals surface area contributed by atoms with Crippen LogP contribution in [0.5, 0.6) is 0 Å². The van der Waals surface area contributed by atoms with Crippen LogP contribution in [0.1, 0.15) is 23.3 Å². The number of carbonyl (C=O) groups is 1. The van der Waals surface area contributed by atoms with Crippen LogP contribution in [0.2, 0.25) is 5.02 Å². The number of aryl methyl sites for hydroxylation is 2. The van der Waals surface area contributed by atoms with Gasteiger partial charge < -0.3 is 5.32 Å². The number of thiazole rings is 1. The minimum Gasteiger partial charge on any atom is -0.302 e. The number of carbonyl (C=O) groups excluding carboxylic acids is 1. The van der Waals surface area contributed by atoms with Crippen LogP contribution in [0.25, 0.3) is 11.3 Å². The highest BCUT2D eigenvalue weighted by Crippen LogP contribution is 2.38. The molecule has 0 saturated carbocycles. The minimum atomic E-state index is -3.58. The molecular formula is C23H22ClN3O3S2. The maximum absolute atomic E-state index is 12.9. The molecule has 32 heavy (non-hydrogen) atoms. The molecule has 0 spiro atoms. The first-order chi connectivity index (χ1) is 15.4. The van der Waals surface area contributed by atoms with E-state index in [4.69, 9.17) is 16.6 Å². The number of hydrogen-bond donors (Lipinski definition) is 1. The summed E-state index contributed by atoms with van der Waals surface area (Å²) in [6.07, 6.45) is 2.87. The van der Waals surface area contributed by atoms with Crippen molar-refractivity contribution in [3.8, 4) is 11.3 Å². The summed E-state index contributed by atoms with van der Waals surface area (Å²) < 4.78 is 27.1. The van der Waals surface area contributed by atoms with Gasteiger partial charge in [0.15, 0.2) is 5.13 Å². The first-order valence-electron chi connectivity index (χ1n) is 10.6. The number of nitrogens with one attached hydrogen (secondary N) is 1. The summed E-state index contributed by atoms with van der Waals surface area (Å²) in [5, 5.41) is 4.09. The van der Waals surface area contributed by atoms with Gasteiger partial charge in [0.2, 0.25) is 15.9 Å². The summed E-state index contributed by atoms with van der Waals surface area (Å²) >= 11 is 7.40. The van der Waals surface area contributed by atoms with Crippen LogP contribution in [0.15, 0.2) is 53.4 Å². The summed E-state index contributed by atoms with van der Waals surface area (Å²) in [7, 11) is -3.58. The molecule has 6 nitrogen and oxygen atoms in total. The van der Waals surface area contributed by atoms with Crippen LogP contribution in [-0.2, 0) is 27.7 Å². The van der Waals surface area contributed by atoms with Crippen molar-refractivity contribution in [2.24, 2.45) is 5.92 Å². The van der Waals surface area contributed by atoms with Gasteiger partial charge in [-0.1, -0.05) is 35.9 Å². The number of aromatic nitrogens is 1. The van der Waals surface area contributed by atoms with Crippen molar-refractivity contribution < 1.29 is 13.2 Å². The number of sulfonamides is 1. The zero-order valence-electron chi connectivity index (χ0n) is 17.3. The van der Waals surface area contributed by atoms with Crippen LogP contribution in [0, 0.1) is 5.92 Å². The third kappa shape index (κ3) is 4.08. The lowest BCUT2D eigenvalue weighted by atomic mass is 9.94. The molecule has 0 bridgehead atoms. The van der Waals surface area contributed by atoms with E-state index in [1.807, 2.05) is 12.1 Å². The predicted octanol–water partition coefficient (Wildman–Crippen LogP) is 4.60. The molecule has 0 radical (unpaired) electrons. The SMILES string of the molecule is O=C(Nc1nc2c(s1)CCc1ccccc1-2)C1CCN(S(=O)(=O)c2ccc(Cl)cc2)CC1. The number of amides is 1. The Bertz CT molecular complexity index is 1260. The molecule has 1 amide bonds. The molecule has 166 valence electrons. The number of hydrogen-bond acceptors (Lipinski definition) is 5. The quantitative estimate of drug-likeness (QED) is 0.583. The lowest BCUT2D eigenvalue weighted by Gasteiger charge is -2.30. The van der Waals surface area contributed by atoms with E-state index in [1.165, 1.54) is 38.2 Å². The van der Waals surface area contributed by atoms with Crippen LogP contribution >= 0.6 is 22.9 Å². The van der Waals surface area contributed by atoms with Crippen molar-refractivity contribution in [3.63, 3.8) is 0 Å². The monoisotopic (exact) mass is 487 g/mol. The Labute approximate surface area is 196 Å². The molecule has 1 saturated heterocycles. The van der Waals surface area contributed by atoms with Gasteiger partial charge in [-0.15, -0.1) is 11.3 Å². The molecule has 1 aliphatic heterocycles. The standard InChI is InChI=1S/C23H22ClN3O3S2/c24-17-6-8-18(9-7-17)32(29,30)27-13-11-16(12-14-27)22(28)26-23-25-21-19-4-2-1-3-15(19)5-10-20(21)31-23/h1-4,6-9,16H,5,10-14H2,(H,25,26,28). The van der Waals surface area contributed by atoms with Crippen molar-refractivity contribution in [1.29, 1.82) is 0 Å². The van der Waals surface area contributed by atoms with Crippen molar-refractivity contribution in [2.45, 2.75) is 30.6 Å². The Balaban J connectivity index is 1.23. The molecule has 0 atom stereocenters. The number of anilines is 1. The average molecular weight is 488 g/mol. The highest BCUT2D eigenvalue weighted by molar-refractivity contribution is 7.89. The molecule has 1 N–H and O–H groups in total. The Morgan fingerprint density at radius 1 is 1.06 bits per heavy atom. The van der Waals surface area contributed by atoms with E-state index in [2.05, 4.69) is 17.4 Å². The minimum absolute atomic E-state index is 0.0899. The van der Waals surface area contributed by atoms with Gasteiger partial charge in [0, 0.05) is 34.5 Å². The largest absolute Gasteiger partial charge is 0.302 e. The lowest BCUT2D eigenvalue weighted by molar-refractivity contribution is -0.120. The lowest BCUT2D eigenvalue weighted by Crippen LogP contribution is -2.41. The van der Waals surface area contributed by atoms with E-state index in [1.54, 1.807) is 12.1 Å². The van der Waals surface area contributed by atoms with Gasteiger partial charge in [-0.3, -0.25) is 4.79 Å². The van der Waals surface area contributed by atoms with Crippen LogP contribution in [0.4, 0.5) is 5.13 Å². The number of rotatable bonds is 4. The number of fused-ring (bicyclic) bond motifs is 3. The van der Waals surface area contributed by atoms with E-state index in [9.17, 15) is 13.2 Å². The molecular weight excluding hydrogens is 466 g/mol. The molecule has 3 aromatic rings. The third-order valence-electron chi connectivity index (χ3n) is 6.10. The van der Waals surface area contributed by atoms with Gasteiger partial charge in [0.25, 0.3) is 0 Å². The van der Waals surface area contributed by atoms with Crippen molar-refractivity contribution >= 4 is 44.0 Å². The Morgan fingerprint density at radius 3 is 2.53 bits per heavy atom. The van der Waals surface area contributed by atoms with E-state index in [0.29, 0.717) is 36.1 Å². The van der Waals surface area contributed by atoms with E-state index in [-0.39, 0.29) is 16.7 Å². The smallest absolute Gasteiger partial charge is 0.243 e. The van der Waals surface area contributed by atoms with Gasteiger partial charge in [-0.25, -0.2) is 13.4 Å². The van der Waals surface area contributed by atoms with Crippen LogP contribution < -0.4 is 5.32 Å². The summed E-state index contributed by atoms with van der Waals surface area (Å²) in [4.78, 5) is 19.0. The van der Waals surface area contributed by atoms with Gasteiger partial charge in [-0.2, -0.15) is 4.31 Å². The van der Waals surface area contributed by atoms with Crippen molar-refractivity contribution in [3.05, 3.63) is 64.0 Å². The van der Waals surface area contributed by atoms with Crippen LogP contribution in [0.3, 0.4) is 0 Å². The van der Waals surface area contributed by atoms with Crippen molar-refractivity contribution in [2.75, 3.05) is 18.4 Å². The van der Waals surface area contributed by atoms with Gasteiger partial charge in [0.05, 0.1) is 10.6 Å². The zero-order valence-corrected chi connectivity index (χ0v) is 19.6. The van der Waals surface area contributed by atoms with E-state index < -0.39 is 10.0 Å². The van der Waals surface area contributed by atoms with Gasteiger partial charge in [0.1, 0.15) is 0 Å². The first kappa shape index (κ1) is 21.6. The summed E-state index contributed by atoms with van der Waals surface area (Å²) in [5.41, 5.74) is 3.40. The molecule has 9 heteroatoms. The molecule has 1 aromatic heterocycles. The van der Waals surface area contributed by atoms with E-state index >= 15 is 0 Å². The molecule has 0 unspecified atom stereocenters. The fourth-order valence-corrected chi connectivity index (χ4v) is 6.90. The number of piperidine rings is 1. The summed E-state index contributed by atoms with van der Waals surface area (Å²) in [6.45, 7) is 0.621. The Kier molecular flexibility index (Phi) is 5.79. The Hall–Kier alpha value is -2.26. The highest BCUT2D eigenvalue weighted by Gasteiger charge is 2.32. The van der Waals surface area contributed by atoms with Crippen LogP contribution in [-0.4, -0.2) is 36.7 Å². The zero-order chi connectivity index (χ0) is 22.3. The average Bonchev–Trinajstić information content (AvgIpc) is 3.22. The summed E-state index contributed by atoms with van der Waals surface area (Å²) in [5.74, 6) is -0.326. The molecule has 2 aliphatic rings. The van der Waals surface area contributed by atoms with E-state index in [0.717, 1.165) is 24.1 Å². The molecule has 2 aromatic carbocycles. The van der Waals surface area contributed by atoms with Gasteiger partial charge >= 0.3 is 0 Å². The summed E-state index contributed by atoms with van der Waals surface area (Å²) in [6, 6.07) is 14.4. The normalized spacial score (nSPS) is 16.9. The fourth-order valence-electron chi connectivity index (χ4n) is 4.32. The fraction of sp³-hybridized carbons (Fsp3) is 0.304. The second-order valence-corrected chi connectivity index (χ2v) is 11.5. The molecule has 2 heterocycles. The third-order valence-corrected chi connectivity index (χ3v) is 9.29.